The number of amides is 1. The molecule has 1 rings (SSSR count). The van der Waals surface area contributed by atoms with Gasteiger partial charge in [-0.2, -0.15) is 0 Å². The molecule has 98 valence electrons. The Morgan fingerprint density at radius 2 is 1.47 bits per heavy atom. The Bertz CT molecular complexity index is 299. The van der Waals surface area contributed by atoms with Gasteiger partial charge >= 0.3 is 0 Å². The zero-order valence-electron chi connectivity index (χ0n) is 9.10. The summed E-state index contributed by atoms with van der Waals surface area (Å²) >= 11 is 8.11. The maximum atomic E-state index is 12.4. The number of rotatable bonds is 3. The number of carbonyl (C=O) groups excluding carboxylic acids is 2. The SMILES string of the molecule is O=C(C(I)I)C(I)(I)C(=O)N1CCCCCC1. The summed E-state index contributed by atoms with van der Waals surface area (Å²) in [6.45, 7) is 1.60. The van der Waals surface area contributed by atoms with E-state index in [0.717, 1.165) is 25.9 Å². The Hall–Kier alpha value is 2.06. The first-order valence-electron chi connectivity index (χ1n) is 5.37. The number of hydrogen-bond donors (Lipinski definition) is 0. The molecule has 1 aliphatic rings. The van der Waals surface area contributed by atoms with Gasteiger partial charge in [0.15, 0.2) is 5.78 Å². The van der Waals surface area contributed by atoms with Crippen molar-refractivity contribution < 1.29 is 9.59 Å². The van der Waals surface area contributed by atoms with Crippen molar-refractivity contribution in [1.29, 1.82) is 0 Å². The zero-order chi connectivity index (χ0) is 13.1. The molecule has 1 saturated heterocycles. The minimum absolute atomic E-state index is 0.00542. The first kappa shape index (κ1) is 17.1. The summed E-state index contributed by atoms with van der Waals surface area (Å²) in [4.78, 5) is 26.3. The van der Waals surface area contributed by atoms with Crippen molar-refractivity contribution >= 4 is 102 Å². The van der Waals surface area contributed by atoms with Crippen LogP contribution in [0.5, 0.6) is 0 Å². The summed E-state index contributed by atoms with van der Waals surface area (Å²) in [5, 5.41) is 0. The van der Waals surface area contributed by atoms with Gasteiger partial charge < -0.3 is 4.90 Å². The summed E-state index contributed by atoms with van der Waals surface area (Å²) in [7, 11) is 0. The number of carbonyl (C=O) groups is 2. The third-order valence-electron chi connectivity index (χ3n) is 2.67. The van der Waals surface area contributed by atoms with Gasteiger partial charge in [-0.05, 0) is 58.0 Å². The first-order chi connectivity index (χ1) is 7.87. The predicted octanol–water partition coefficient (Wildman–Crippen LogP) is 3.72. The van der Waals surface area contributed by atoms with Gasteiger partial charge in [0.1, 0.15) is 1.93 Å². The van der Waals surface area contributed by atoms with E-state index in [0.29, 0.717) is 0 Å². The largest absolute Gasteiger partial charge is 0.340 e. The van der Waals surface area contributed by atoms with E-state index < -0.39 is 1.43 Å². The van der Waals surface area contributed by atoms with Crippen LogP contribution in [0.2, 0.25) is 0 Å². The molecular formula is C10H13I4NO2. The molecular weight excluding hydrogens is 674 g/mol. The Balaban J connectivity index is 2.76. The van der Waals surface area contributed by atoms with Crippen molar-refractivity contribution in [2.24, 2.45) is 0 Å². The molecule has 1 aliphatic heterocycles. The molecule has 0 aromatic heterocycles. The Kier molecular flexibility index (Phi) is 7.79. The molecule has 0 saturated carbocycles. The van der Waals surface area contributed by atoms with E-state index in [1.54, 1.807) is 0 Å². The Morgan fingerprint density at radius 1 is 1.00 bits per heavy atom. The van der Waals surface area contributed by atoms with Gasteiger partial charge in [0.2, 0.25) is 1.43 Å². The van der Waals surface area contributed by atoms with Gasteiger partial charge in [-0.1, -0.05) is 58.0 Å². The summed E-state index contributed by atoms with van der Waals surface area (Å²) < 4.78 is -1.10. The van der Waals surface area contributed by atoms with E-state index in [2.05, 4.69) is 45.2 Å². The van der Waals surface area contributed by atoms with Gasteiger partial charge in [-0.15, -0.1) is 0 Å². The molecule has 0 radical (unpaired) electrons. The van der Waals surface area contributed by atoms with Crippen molar-refractivity contribution in [3.05, 3.63) is 0 Å². The number of nitrogens with zero attached hydrogens (tertiary/aromatic N) is 1. The van der Waals surface area contributed by atoms with Gasteiger partial charge in [0, 0.05) is 13.1 Å². The molecule has 0 atom stereocenters. The third kappa shape index (κ3) is 4.83. The lowest BCUT2D eigenvalue weighted by atomic mass is 10.2. The van der Waals surface area contributed by atoms with Crippen LogP contribution in [0.3, 0.4) is 0 Å². The first-order valence-corrected chi connectivity index (χ1v) is 10.0. The number of likely N-dealkylation sites (tertiary alicyclic amines) is 1. The molecule has 3 nitrogen and oxygen atoms in total. The lowest BCUT2D eigenvalue weighted by Crippen LogP contribution is -2.47. The summed E-state index contributed by atoms with van der Waals surface area (Å²) in [5.74, 6) is -0.0296. The van der Waals surface area contributed by atoms with Crippen LogP contribution in [-0.2, 0) is 9.59 Å². The van der Waals surface area contributed by atoms with Crippen molar-refractivity contribution in [3.63, 3.8) is 0 Å². The van der Waals surface area contributed by atoms with Crippen LogP contribution >= 0.6 is 90.4 Å². The van der Waals surface area contributed by atoms with E-state index in [1.807, 2.05) is 50.1 Å². The van der Waals surface area contributed by atoms with Crippen LogP contribution in [0.4, 0.5) is 0 Å². The lowest BCUT2D eigenvalue weighted by Gasteiger charge is -2.28. The zero-order valence-corrected chi connectivity index (χ0v) is 17.7. The van der Waals surface area contributed by atoms with Crippen LogP contribution < -0.4 is 0 Å². The van der Waals surface area contributed by atoms with E-state index in [1.165, 1.54) is 12.8 Å². The number of hydrogen-bond acceptors (Lipinski definition) is 2. The van der Waals surface area contributed by atoms with Gasteiger partial charge in [0.05, 0.1) is 0 Å². The van der Waals surface area contributed by atoms with Crippen LogP contribution in [0.25, 0.3) is 0 Å². The molecule has 0 spiro atoms. The second-order valence-corrected chi connectivity index (χ2v) is 14.1. The second kappa shape index (κ2) is 7.74. The van der Waals surface area contributed by atoms with Crippen LogP contribution in [0.1, 0.15) is 25.7 Å². The summed E-state index contributed by atoms with van der Waals surface area (Å²) in [6, 6.07) is 0. The molecule has 0 bridgehead atoms. The molecule has 0 aliphatic carbocycles. The average molecular weight is 687 g/mol. The Labute approximate surface area is 156 Å². The fraction of sp³-hybridized carbons (Fsp3) is 0.800. The minimum atomic E-state index is -0.938. The van der Waals surface area contributed by atoms with E-state index >= 15 is 0 Å². The fourth-order valence-electron chi connectivity index (χ4n) is 1.71. The van der Waals surface area contributed by atoms with Crippen molar-refractivity contribution in [1.82, 2.24) is 4.90 Å². The topological polar surface area (TPSA) is 37.4 Å². The molecule has 7 heteroatoms. The average Bonchev–Trinajstić information content (AvgIpc) is 2.55. The standard InChI is InChI=1S/C10H13I4NO2/c11-8(12)7(16)10(13,14)9(17)15-5-3-1-2-4-6-15/h8H,1-6H2. The van der Waals surface area contributed by atoms with Gasteiger partial charge in [-0.3, -0.25) is 9.59 Å². The third-order valence-corrected chi connectivity index (χ3v) is 5.79. The monoisotopic (exact) mass is 687 g/mol. The molecule has 0 aromatic rings. The molecule has 1 fully saturated rings. The number of Topliss-reactive ketones (excluding diaryl/α,β-unsaturated/α-hetero) is 1. The molecule has 17 heavy (non-hydrogen) atoms. The van der Waals surface area contributed by atoms with Crippen LogP contribution in [-0.4, -0.2) is 33.0 Å². The molecule has 1 amide bonds. The Morgan fingerprint density at radius 3 is 1.88 bits per heavy atom. The molecule has 1 heterocycles. The maximum absolute atomic E-state index is 12.4. The van der Waals surface area contributed by atoms with Gasteiger partial charge in [-0.25, -0.2) is 0 Å². The molecule has 0 N–H and O–H groups in total. The predicted molar refractivity (Wildman–Crippen MR) is 103 cm³/mol. The highest BCUT2D eigenvalue weighted by Gasteiger charge is 2.44. The highest BCUT2D eigenvalue weighted by molar-refractivity contribution is 14.2. The summed E-state index contributed by atoms with van der Waals surface area (Å²) in [5.41, 5.74) is 0. The van der Waals surface area contributed by atoms with Crippen LogP contribution in [0, 0.1) is 0 Å². The number of alkyl halides is 4. The quantitative estimate of drug-likeness (QED) is 0.258. The van der Waals surface area contributed by atoms with E-state index in [9.17, 15) is 9.59 Å². The smallest absolute Gasteiger partial charge is 0.256 e. The second-order valence-electron chi connectivity index (χ2n) is 3.95. The molecule has 0 aromatic carbocycles. The fourth-order valence-corrected chi connectivity index (χ4v) is 6.34. The highest BCUT2D eigenvalue weighted by atomic mass is 127. The maximum Gasteiger partial charge on any atom is 0.256 e. The highest BCUT2D eigenvalue weighted by Crippen LogP contribution is 2.36. The number of halogens is 4. The van der Waals surface area contributed by atoms with Crippen molar-refractivity contribution in [2.45, 2.75) is 29.0 Å². The summed E-state index contributed by atoms with van der Waals surface area (Å²) in [6.07, 6.45) is 4.49. The van der Waals surface area contributed by atoms with Gasteiger partial charge in [0.25, 0.3) is 5.91 Å². The lowest BCUT2D eigenvalue weighted by molar-refractivity contribution is -0.134. The van der Waals surface area contributed by atoms with Crippen molar-refractivity contribution in [3.8, 4) is 0 Å². The van der Waals surface area contributed by atoms with Crippen molar-refractivity contribution in [2.75, 3.05) is 13.1 Å². The van der Waals surface area contributed by atoms with Crippen LogP contribution in [0.15, 0.2) is 0 Å². The normalized spacial score (nSPS) is 18.1. The minimum Gasteiger partial charge on any atom is -0.340 e. The molecule has 0 unspecified atom stereocenters. The number of ketones is 1. The van der Waals surface area contributed by atoms with E-state index in [4.69, 9.17) is 0 Å². The van der Waals surface area contributed by atoms with E-state index in [-0.39, 0.29) is 13.6 Å².